The highest BCUT2D eigenvalue weighted by molar-refractivity contribution is 5.35. The Balaban J connectivity index is 1.96. The molecule has 1 aromatic rings. The Morgan fingerprint density at radius 2 is 2.42 bits per heavy atom. The van der Waals surface area contributed by atoms with E-state index in [9.17, 15) is 0 Å². The molecule has 0 bridgehead atoms. The van der Waals surface area contributed by atoms with Gasteiger partial charge >= 0.3 is 0 Å². The number of anilines is 1. The monoisotopic (exact) mass is 167 g/mol. The Kier molecular flexibility index (Phi) is 1.77. The molecule has 1 aliphatic rings. The Hall–Kier alpha value is -1.03. The SMILES string of the molecule is COC1CN(c2ncc(C)[nH]2)C1. The quantitative estimate of drug-likeness (QED) is 0.699. The fraction of sp³-hybridized carbons (Fsp3) is 0.625. The van der Waals surface area contributed by atoms with Crippen molar-refractivity contribution in [2.45, 2.75) is 13.0 Å². The van der Waals surface area contributed by atoms with E-state index in [0.29, 0.717) is 6.10 Å². The minimum absolute atomic E-state index is 0.385. The van der Waals surface area contributed by atoms with Gasteiger partial charge in [0.05, 0.1) is 6.10 Å². The van der Waals surface area contributed by atoms with E-state index < -0.39 is 0 Å². The van der Waals surface area contributed by atoms with Crippen molar-refractivity contribution in [2.24, 2.45) is 0 Å². The van der Waals surface area contributed by atoms with Gasteiger partial charge in [0.2, 0.25) is 5.95 Å². The van der Waals surface area contributed by atoms with Crippen molar-refractivity contribution in [3.63, 3.8) is 0 Å². The smallest absolute Gasteiger partial charge is 0.203 e. The van der Waals surface area contributed by atoms with Gasteiger partial charge in [0, 0.05) is 32.1 Å². The first kappa shape index (κ1) is 7.61. The number of ether oxygens (including phenoxy) is 1. The van der Waals surface area contributed by atoms with Gasteiger partial charge in [-0.1, -0.05) is 0 Å². The first-order valence-electron chi connectivity index (χ1n) is 4.09. The maximum absolute atomic E-state index is 5.16. The minimum atomic E-state index is 0.385. The summed E-state index contributed by atoms with van der Waals surface area (Å²) in [6.07, 6.45) is 2.23. The molecule has 1 aromatic heterocycles. The third kappa shape index (κ3) is 1.18. The summed E-state index contributed by atoms with van der Waals surface area (Å²) in [4.78, 5) is 9.57. The van der Waals surface area contributed by atoms with Crippen LogP contribution >= 0.6 is 0 Å². The number of hydrogen-bond acceptors (Lipinski definition) is 3. The average Bonchev–Trinajstić information content (AvgIpc) is 2.34. The molecule has 0 spiro atoms. The molecule has 1 fully saturated rings. The van der Waals surface area contributed by atoms with Gasteiger partial charge in [0.25, 0.3) is 0 Å². The summed E-state index contributed by atoms with van der Waals surface area (Å²) in [6, 6.07) is 0. The van der Waals surface area contributed by atoms with Crippen LogP contribution in [0.25, 0.3) is 0 Å². The molecule has 1 N–H and O–H groups in total. The van der Waals surface area contributed by atoms with Crippen LogP contribution in [-0.4, -0.2) is 36.3 Å². The largest absolute Gasteiger partial charge is 0.378 e. The second-order valence-electron chi connectivity index (χ2n) is 3.15. The maximum Gasteiger partial charge on any atom is 0.203 e. The molecular formula is C8H13N3O. The van der Waals surface area contributed by atoms with E-state index >= 15 is 0 Å². The van der Waals surface area contributed by atoms with E-state index in [2.05, 4.69) is 14.9 Å². The first-order valence-corrected chi connectivity index (χ1v) is 4.09. The highest BCUT2D eigenvalue weighted by Gasteiger charge is 2.27. The van der Waals surface area contributed by atoms with Gasteiger partial charge < -0.3 is 14.6 Å². The van der Waals surface area contributed by atoms with Crippen molar-refractivity contribution in [3.05, 3.63) is 11.9 Å². The van der Waals surface area contributed by atoms with E-state index in [4.69, 9.17) is 4.74 Å². The predicted molar refractivity (Wildman–Crippen MR) is 46.3 cm³/mol. The molecule has 12 heavy (non-hydrogen) atoms. The zero-order valence-corrected chi connectivity index (χ0v) is 7.37. The Labute approximate surface area is 71.6 Å². The molecule has 1 saturated heterocycles. The second kappa shape index (κ2) is 2.79. The number of aromatic amines is 1. The number of rotatable bonds is 2. The number of methoxy groups -OCH3 is 1. The first-order chi connectivity index (χ1) is 5.79. The van der Waals surface area contributed by atoms with Crippen LogP contribution in [0, 0.1) is 6.92 Å². The highest BCUT2D eigenvalue weighted by Crippen LogP contribution is 2.17. The zero-order chi connectivity index (χ0) is 8.55. The molecule has 0 saturated carbocycles. The molecule has 2 rings (SSSR count). The molecule has 0 radical (unpaired) electrons. The van der Waals surface area contributed by atoms with Crippen molar-refractivity contribution < 1.29 is 4.74 Å². The molecular weight excluding hydrogens is 154 g/mol. The number of H-pyrrole nitrogens is 1. The van der Waals surface area contributed by atoms with Crippen molar-refractivity contribution in [1.82, 2.24) is 9.97 Å². The fourth-order valence-corrected chi connectivity index (χ4v) is 1.32. The van der Waals surface area contributed by atoms with Crippen LogP contribution in [-0.2, 0) is 4.74 Å². The van der Waals surface area contributed by atoms with Gasteiger partial charge in [-0.15, -0.1) is 0 Å². The molecule has 0 aliphatic carbocycles. The molecule has 0 aromatic carbocycles. The van der Waals surface area contributed by atoms with E-state index in [0.717, 1.165) is 24.7 Å². The summed E-state index contributed by atoms with van der Waals surface area (Å²) in [5.74, 6) is 0.959. The molecule has 0 unspecified atom stereocenters. The lowest BCUT2D eigenvalue weighted by Gasteiger charge is -2.37. The van der Waals surface area contributed by atoms with Crippen molar-refractivity contribution >= 4 is 5.95 Å². The maximum atomic E-state index is 5.16. The van der Waals surface area contributed by atoms with Crippen LogP contribution in [0.5, 0.6) is 0 Å². The van der Waals surface area contributed by atoms with Gasteiger partial charge in [0.15, 0.2) is 0 Å². The second-order valence-corrected chi connectivity index (χ2v) is 3.15. The Morgan fingerprint density at radius 1 is 1.67 bits per heavy atom. The molecule has 4 heteroatoms. The number of nitrogens with zero attached hydrogens (tertiary/aromatic N) is 2. The summed E-state index contributed by atoms with van der Waals surface area (Å²) in [6.45, 7) is 3.90. The topological polar surface area (TPSA) is 41.1 Å². The Morgan fingerprint density at radius 3 is 2.92 bits per heavy atom. The standard InChI is InChI=1S/C8H13N3O/c1-6-3-9-8(10-6)11-4-7(5-11)12-2/h3,7H,4-5H2,1-2H3,(H,9,10). The van der Waals surface area contributed by atoms with Gasteiger partial charge in [-0.25, -0.2) is 4.98 Å². The summed E-state index contributed by atoms with van der Waals surface area (Å²) in [7, 11) is 1.75. The molecule has 4 nitrogen and oxygen atoms in total. The lowest BCUT2D eigenvalue weighted by molar-refractivity contribution is 0.0779. The Bertz CT molecular complexity index is 265. The van der Waals surface area contributed by atoms with Gasteiger partial charge in [-0.05, 0) is 6.92 Å². The summed E-state index contributed by atoms with van der Waals surface area (Å²) >= 11 is 0. The third-order valence-electron chi connectivity index (χ3n) is 2.17. The van der Waals surface area contributed by atoms with Gasteiger partial charge in [-0.2, -0.15) is 0 Å². The van der Waals surface area contributed by atoms with Gasteiger partial charge in [-0.3, -0.25) is 0 Å². The van der Waals surface area contributed by atoms with E-state index in [1.165, 1.54) is 0 Å². The molecule has 0 amide bonds. The normalized spacial score (nSPS) is 18.0. The molecule has 66 valence electrons. The number of imidazole rings is 1. The lowest BCUT2D eigenvalue weighted by Crippen LogP contribution is -2.52. The summed E-state index contributed by atoms with van der Waals surface area (Å²) in [5, 5.41) is 0. The van der Waals surface area contributed by atoms with E-state index in [-0.39, 0.29) is 0 Å². The molecule has 0 atom stereocenters. The molecule has 2 heterocycles. The van der Waals surface area contributed by atoms with Crippen molar-refractivity contribution in [1.29, 1.82) is 0 Å². The fourth-order valence-electron chi connectivity index (χ4n) is 1.32. The van der Waals surface area contributed by atoms with Crippen molar-refractivity contribution in [2.75, 3.05) is 25.1 Å². The average molecular weight is 167 g/mol. The lowest BCUT2D eigenvalue weighted by atomic mass is 10.2. The summed E-state index contributed by atoms with van der Waals surface area (Å²) < 4.78 is 5.16. The van der Waals surface area contributed by atoms with Gasteiger partial charge in [0.1, 0.15) is 0 Å². The molecule has 1 aliphatic heterocycles. The summed E-state index contributed by atoms with van der Waals surface area (Å²) in [5.41, 5.74) is 1.10. The van der Waals surface area contributed by atoms with Crippen LogP contribution < -0.4 is 4.90 Å². The van der Waals surface area contributed by atoms with E-state index in [1.807, 2.05) is 13.1 Å². The van der Waals surface area contributed by atoms with Crippen LogP contribution in [0.15, 0.2) is 6.20 Å². The number of nitrogens with one attached hydrogen (secondary N) is 1. The minimum Gasteiger partial charge on any atom is -0.378 e. The van der Waals surface area contributed by atoms with Crippen LogP contribution in [0.2, 0.25) is 0 Å². The zero-order valence-electron chi connectivity index (χ0n) is 7.37. The van der Waals surface area contributed by atoms with E-state index in [1.54, 1.807) is 7.11 Å². The van der Waals surface area contributed by atoms with Crippen LogP contribution in [0.1, 0.15) is 5.69 Å². The third-order valence-corrected chi connectivity index (χ3v) is 2.17. The van der Waals surface area contributed by atoms with Crippen LogP contribution in [0.3, 0.4) is 0 Å². The number of aromatic nitrogens is 2. The predicted octanol–water partition coefficient (Wildman–Crippen LogP) is 0.553. The van der Waals surface area contributed by atoms with Crippen molar-refractivity contribution in [3.8, 4) is 0 Å². The number of hydrogen-bond donors (Lipinski definition) is 1. The number of aryl methyl sites for hydroxylation is 1. The highest BCUT2D eigenvalue weighted by atomic mass is 16.5. The van der Waals surface area contributed by atoms with Crippen LogP contribution in [0.4, 0.5) is 5.95 Å².